The molecule has 0 radical (unpaired) electrons. The maximum absolute atomic E-state index is 6.19. The van der Waals surface area contributed by atoms with E-state index in [0.717, 1.165) is 11.5 Å². The number of aryl methyl sites for hydroxylation is 1. The number of nitrogens with one attached hydrogen (secondary N) is 2. The van der Waals surface area contributed by atoms with E-state index in [9.17, 15) is 0 Å². The molecule has 1 aromatic heterocycles. The molecule has 0 unspecified atom stereocenters. The molecule has 7 heteroatoms. The number of methoxy groups -OCH3 is 2. The smallest absolute Gasteiger partial charge is 0.144 e. The minimum Gasteiger partial charge on any atom is -0.495 e. The molecule has 0 spiro atoms. The zero-order valence-electron chi connectivity index (χ0n) is 16.1. The molecule has 3 rings (SSSR count). The molecule has 1 fully saturated rings. The van der Waals surface area contributed by atoms with Crippen molar-refractivity contribution >= 4 is 28.9 Å². The molecule has 0 atom stereocenters. The Morgan fingerprint density at radius 3 is 2.26 bits per heavy atom. The van der Waals surface area contributed by atoms with E-state index < -0.39 is 0 Å². The van der Waals surface area contributed by atoms with Crippen molar-refractivity contribution in [1.82, 2.24) is 9.97 Å². The van der Waals surface area contributed by atoms with Crippen molar-refractivity contribution in [2.24, 2.45) is 0 Å². The summed E-state index contributed by atoms with van der Waals surface area (Å²) in [6.07, 6.45) is 7.57. The number of aromatic nitrogens is 2. The van der Waals surface area contributed by atoms with Crippen molar-refractivity contribution in [1.29, 1.82) is 0 Å². The molecule has 0 amide bonds. The summed E-state index contributed by atoms with van der Waals surface area (Å²) in [5.41, 5.74) is 0.734. The zero-order valence-corrected chi connectivity index (χ0v) is 16.9. The topological polar surface area (TPSA) is 68.3 Å². The lowest BCUT2D eigenvalue weighted by Gasteiger charge is -2.18. The SMILES string of the molecule is COc1cc(Nc2cc(NC3CCCCCC3)nc(C)n2)c(OC)cc1Cl. The average molecular weight is 391 g/mol. The Balaban J connectivity index is 1.82. The first-order valence-electron chi connectivity index (χ1n) is 9.40. The molecule has 27 heavy (non-hydrogen) atoms. The monoisotopic (exact) mass is 390 g/mol. The minimum atomic E-state index is 0.472. The molecule has 0 saturated heterocycles. The Labute approximate surface area is 165 Å². The van der Waals surface area contributed by atoms with Crippen LogP contribution in [0.2, 0.25) is 5.02 Å². The average Bonchev–Trinajstić information content (AvgIpc) is 2.91. The van der Waals surface area contributed by atoms with Gasteiger partial charge in [-0.2, -0.15) is 0 Å². The van der Waals surface area contributed by atoms with Crippen LogP contribution in [0.4, 0.5) is 17.3 Å². The van der Waals surface area contributed by atoms with Crippen LogP contribution in [0.15, 0.2) is 18.2 Å². The Hall–Kier alpha value is -2.21. The quantitative estimate of drug-likeness (QED) is 0.649. The maximum Gasteiger partial charge on any atom is 0.144 e. The van der Waals surface area contributed by atoms with Crippen LogP contribution in [-0.2, 0) is 0 Å². The molecule has 0 aliphatic heterocycles. The standard InChI is InChI=1S/C20H27ClN4O2/c1-13-22-19(24-14-8-6-4-5-7-9-14)12-20(23-13)25-16-11-17(26-2)15(21)10-18(16)27-3/h10-12,14H,4-9H2,1-3H3,(H2,22,23,24,25). The molecule has 0 bridgehead atoms. The van der Waals surface area contributed by atoms with Crippen LogP contribution in [0, 0.1) is 6.92 Å². The Bertz CT molecular complexity index is 777. The predicted octanol–water partition coefficient (Wildman–Crippen LogP) is 5.33. The van der Waals surface area contributed by atoms with Gasteiger partial charge in [0.05, 0.1) is 24.9 Å². The summed E-state index contributed by atoms with van der Waals surface area (Å²) in [6, 6.07) is 5.93. The summed E-state index contributed by atoms with van der Waals surface area (Å²) < 4.78 is 10.7. The first kappa shape index (κ1) is 19.5. The number of nitrogens with zero attached hydrogens (tertiary/aromatic N) is 2. The van der Waals surface area contributed by atoms with Gasteiger partial charge in [-0.3, -0.25) is 0 Å². The third kappa shape index (κ3) is 5.16. The van der Waals surface area contributed by atoms with E-state index in [0.29, 0.717) is 34.2 Å². The van der Waals surface area contributed by atoms with Gasteiger partial charge in [0.25, 0.3) is 0 Å². The lowest BCUT2D eigenvalue weighted by molar-refractivity contribution is 0.405. The van der Waals surface area contributed by atoms with Crippen molar-refractivity contribution in [3.8, 4) is 11.5 Å². The highest BCUT2D eigenvalue weighted by atomic mass is 35.5. The van der Waals surface area contributed by atoms with Gasteiger partial charge in [-0.05, 0) is 19.8 Å². The van der Waals surface area contributed by atoms with Gasteiger partial charge in [-0.1, -0.05) is 37.3 Å². The van der Waals surface area contributed by atoms with Crippen LogP contribution < -0.4 is 20.1 Å². The minimum absolute atomic E-state index is 0.472. The van der Waals surface area contributed by atoms with Gasteiger partial charge in [0, 0.05) is 24.2 Å². The summed E-state index contributed by atoms with van der Waals surface area (Å²) in [7, 11) is 3.19. The van der Waals surface area contributed by atoms with Gasteiger partial charge in [-0.15, -0.1) is 0 Å². The van der Waals surface area contributed by atoms with Gasteiger partial charge in [-0.25, -0.2) is 9.97 Å². The van der Waals surface area contributed by atoms with Crippen molar-refractivity contribution in [3.63, 3.8) is 0 Å². The molecule has 1 aliphatic carbocycles. The van der Waals surface area contributed by atoms with E-state index in [1.54, 1.807) is 26.4 Å². The number of ether oxygens (including phenoxy) is 2. The second kappa shape index (κ2) is 9.13. The van der Waals surface area contributed by atoms with Crippen LogP contribution >= 0.6 is 11.6 Å². The largest absolute Gasteiger partial charge is 0.495 e. The van der Waals surface area contributed by atoms with Crippen LogP contribution in [0.5, 0.6) is 11.5 Å². The molecule has 2 N–H and O–H groups in total. The predicted molar refractivity (Wildman–Crippen MR) is 110 cm³/mol. The molecule has 6 nitrogen and oxygen atoms in total. The Morgan fingerprint density at radius 2 is 1.59 bits per heavy atom. The van der Waals surface area contributed by atoms with Crippen LogP contribution in [0.25, 0.3) is 0 Å². The highest BCUT2D eigenvalue weighted by molar-refractivity contribution is 6.32. The summed E-state index contributed by atoms with van der Waals surface area (Å²) in [4.78, 5) is 9.05. The summed E-state index contributed by atoms with van der Waals surface area (Å²) in [6.45, 7) is 1.89. The van der Waals surface area contributed by atoms with E-state index in [1.807, 2.05) is 13.0 Å². The fourth-order valence-electron chi connectivity index (χ4n) is 3.43. The molecule has 1 aliphatic rings. The highest BCUT2D eigenvalue weighted by Crippen LogP contribution is 2.37. The van der Waals surface area contributed by atoms with Gasteiger partial charge in [0.15, 0.2) is 0 Å². The molecule has 1 heterocycles. The molecule has 1 saturated carbocycles. The van der Waals surface area contributed by atoms with E-state index in [-0.39, 0.29) is 0 Å². The third-order valence-electron chi connectivity index (χ3n) is 4.78. The number of benzene rings is 1. The van der Waals surface area contributed by atoms with Crippen molar-refractivity contribution in [2.75, 3.05) is 24.9 Å². The van der Waals surface area contributed by atoms with E-state index in [4.69, 9.17) is 21.1 Å². The molecule has 146 valence electrons. The number of hydrogen-bond donors (Lipinski definition) is 2. The number of hydrogen-bond acceptors (Lipinski definition) is 6. The Morgan fingerprint density at radius 1 is 0.926 bits per heavy atom. The van der Waals surface area contributed by atoms with E-state index >= 15 is 0 Å². The maximum atomic E-state index is 6.19. The molecule has 2 aromatic rings. The number of halogens is 1. The summed E-state index contributed by atoms with van der Waals surface area (Å²) in [5.74, 6) is 3.44. The first-order valence-corrected chi connectivity index (χ1v) is 9.77. The van der Waals surface area contributed by atoms with Crippen molar-refractivity contribution in [3.05, 3.63) is 29.0 Å². The van der Waals surface area contributed by atoms with Gasteiger partial charge in [0.2, 0.25) is 0 Å². The molecule has 1 aromatic carbocycles. The zero-order chi connectivity index (χ0) is 19.2. The first-order chi connectivity index (χ1) is 13.1. The van der Waals surface area contributed by atoms with Crippen LogP contribution in [-0.4, -0.2) is 30.2 Å². The van der Waals surface area contributed by atoms with Gasteiger partial charge < -0.3 is 20.1 Å². The van der Waals surface area contributed by atoms with Gasteiger partial charge >= 0.3 is 0 Å². The van der Waals surface area contributed by atoms with Crippen LogP contribution in [0.3, 0.4) is 0 Å². The normalized spacial score (nSPS) is 15.1. The lowest BCUT2D eigenvalue weighted by atomic mass is 10.1. The third-order valence-corrected chi connectivity index (χ3v) is 5.08. The summed E-state index contributed by atoms with van der Waals surface area (Å²) in [5, 5.41) is 7.38. The van der Waals surface area contributed by atoms with E-state index in [2.05, 4.69) is 20.6 Å². The van der Waals surface area contributed by atoms with E-state index in [1.165, 1.54) is 38.5 Å². The second-order valence-corrected chi connectivity index (χ2v) is 7.24. The fourth-order valence-corrected chi connectivity index (χ4v) is 3.67. The van der Waals surface area contributed by atoms with Gasteiger partial charge in [0.1, 0.15) is 29.0 Å². The highest BCUT2D eigenvalue weighted by Gasteiger charge is 2.15. The lowest BCUT2D eigenvalue weighted by Crippen LogP contribution is -2.19. The molecular formula is C20H27ClN4O2. The van der Waals surface area contributed by atoms with Crippen molar-refractivity contribution < 1.29 is 9.47 Å². The second-order valence-electron chi connectivity index (χ2n) is 6.83. The summed E-state index contributed by atoms with van der Waals surface area (Å²) >= 11 is 6.19. The Kier molecular flexibility index (Phi) is 6.61. The number of anilines is 3. The van der Waals surface area contributed by atoms with Crippen molar-refractivity contribution in [2.45, 2.75) is 51.5 Å². The van der Waals surface area contributed by atoms with Crippen LogP contribution in [0.1, 0.15) is 44.3 Å². The molecular weight excluding hydrogens is 364 g/mol. The fraction of sp³-hybridized carbons (Fsp3) is 0.500. The number of rotatable bonds is 6.